The van der Waals surface area contributed by atoms with Crippen LogP contribution in [0.25, 0.3) is 0 Å². The smallest absolute Gasteiger partial charge is 0.323 e. The van der Waals surface area contributed by atoms with E-state index in [-0.39, 0.29) is 6.54 Å². The summed E-state index contributed by atoms with van der Waals surface area (Å²) < 4.78 is 0. The molecule has 0 atom stereocenters. The van der Waals surface area contributed by atoms with Crippen molar-refractivity contribution in [3.8, 4) is 0 Å². The van der Waals surface area contributed by atoms with Crippen LogP contribution in [-0.2, 0) is 4.79 Å². The number of aromatic nitrogens is 2. The van der Waals surface area contributed by atoms with E-state index in [0.29, 0.717) is 17.6 Å². The third-order valence-corrected chi connectivity index (χ3v) is 2.60. The summed E-state index contributed by atoms with van der Waals surface area (Å²) >= 11 is 0. The van der Waals surface area contributed by atoms with Crippen LogP contribution in [-0.4, -0.2) is 34.6 Å². The maximum Gasteiger partial charge on any atom is 0.323 e. The number of likely N-dealkylation sites (N-methyl/N-ethyl adjacent to an activating group) is 1. The molecule has 2 rings (SSSR count). The van der Waals surface area contributed by atoms with E-state index >= 15 is 0 Å². The van der Waals surface area contributed by atoms with Gasteiger partial charge in [0.25, 0.3) is 0 Å². The number of rotatable bonds is 4. The number of nitrogens with zero attached hydrogens (tertiary/aromatic N) is 3. The molecule has 0 spiro atoms. The van der Waals surface area contributed by atoms with Crippen LogP contribution in [0.15, 0.2) is 6.07 Å². The number of anilines is 1. The molecular formula is C11H15N3O2. The van der Waals surface area contributed by atoms with Crippen LogP contribution < -0.4 is 4.90 Å². The lowest BCUT2D eigenvalue weighted by Crippen LogP contribution is -2.26. The van der Waals surface area contributed by atoms with E-state index < -0.39 is 5.97 Å². The van der Waals surface area contributed by atoms with E-state index in [1.807, 2.05) is 13.0 Å². The highest BCUT2D eigenvalue weighted by Gasteiger charge is 2.26. The van der Waals surface area contributed by atoms with E-state index in [4.69, 9.17) is 5.11 Å². The van der Waals surface area contributed by atoms with Crippen LogP contribution in [0.3, 0.4) is 0 Å². The normalized spacial score (nSPS) is 14.9. The Labute approximate surface area is 94.1 Å². The lowest BCUT2D eigenvalue weighted by Gasteiger charge is -2.16. The van der Waals surface area contributed by atoms with Gasteiger partial charge in [-0.3, -0.25) is 4.79 Å². The number of carbonyl (C=O) groups is 1. The third kappa shape index (κ3) is 2.48. The predicted molar refractivity (Wildman–Crippen MR) is 59.6 cm³/mol. The standard InChI is InChI=1S/C11H15N3O2/c1-7-12-9(8-3-4-8)5-10(13-7)14(2)6-11(15)16/h5,8H,3-4,6H2,1-2H3,(H,15,16). The molecule has 1 saturated carbocycles. The molecule has 1 aromatic rings. The Morgan fingerprint density at radius 3 is 2.81 bits per heavy atom. The number of carboxylic acids is 1. The second kappa shape index (κ2) is 4.08. The van der Waals surface area contributed by atoms with Crippen molar-refractivity contribution in [1.82, 2.24) is 9.97 Å². The van der Waals surface area contributed by atoms with Gasteiger partial charge >= 0.3 is 5.97 Å². The molecule has 0 aromatic carbocycles. The molecule has 0 saturated heterocycles. The summed E-state index contributed by atoms with van der Waals surface area (Å²) in [6, 6.07) is 1.90. The summed E-state index contributed by atoms with van der Waals surface area (Å²) in [6.45, 7) is 1.80. The molecule has 0 amide bonds. The largest absolute Gasteiger partial charge is 0.480 e. The van der Waals surface area contributed by atoms with Crippen molar-refractivity contribution in [3.05, 3.63) is 17.6 Å². The van der Waals surface area contributed by atoms with Gasteiger partial charge < -0.3 is 10.0 Å². The molecule has 16 heavy (non-hydrogen) atoms. The van der Waals surface area contributed by atoms with Gasteiger partial charge in [-0.1, -0.05) is 0 Å². The lowest BCUT2D eigenvalue weighted by molar-refractivity contribution is -0.135. The van der Waals surface area contributed by atoms with Crippen LogP contribution in [0.5, 0.6) is 0 Å². The van der Waals surface area contributed by atoms with Crippen molar-refractivity contribution in [2.45, 2.75) is 25.7 Å². The van der Waals surface area contributed by atoms with Crippen LogP contribution in [0.4, 0.5) is 5.82 Å². The predicted octanol–water partition coefficient (Wildman–Crippen LogP) is 1.18. The zero-order chi connectivity index (χ0) is 11.7. The van der Waals surface area contributed by atoms with Crippen molar-refractivity contribution < 1.29 is 9.90 Å². The lowest BCUT2D eigenvalue weighted by atomic mass is 10.2. The Hall–Kier alpha value is -1.65. The molecule has 86 valence electrons. The zero-order valence-electron chi connectivity index (χ0n) is 9.47. The molecule has 1 aliphatic carbocycles. The van der Waals surface area contributed by atoms with Crippen molar-refractivity contribution >= 4 is 11.8 Å². The highest BCUT2D eigenvalue weighted by atomic mass is 16.4. The SMILES string of the molecule is Cc1nc(C2CC2)cc(N(C)CC(=O)O)n1. The molecule has 0 unspecified atom stereocenters. The fraction of sp³-hybridized carbons (Fsp3) is 0.545. The minimum Gasteiger partial charge on any atom is -0.480 e. The Bertz CT molecular complexity index is 416. The topological polar surface area (TPSA) is 66.3 Å². The minimum absolute atomic E-state index is 0.0411. The van der Waals surface area contributed by atoms with E-state index in [1.54, 1.807) is 11.9 Å². The molecule has 1 fully saturated rings. The monoisotopic (exact) mass is 221 g/mol. The summed E-state index contributed by atoms with van der Waals surface area (Å²) in [4.78, 5) is 20.9. The summed E-state index contributed by atoms with van der Waals surface area (Å²) in [5.41, 5.74) is 1.04. The molecule has 0 aliphatic heterocycles. The van der Waals surface area contributed by atoms with Crippen LogP contribution >= 0.6 is 0 Å². The van der Waals surface area contributed by atoms with Gasteiger partial charge in [-0.25, -0.2) is 9.97 Å². The van der Waals surface area contributed by atoms with Gasteiger partial charge in [-0.15, -0.1) is 0 Å². The van der Waals surface area contributed by atoms with Gasteiger partial charge in [0.15, 0.2) is 0 Å². The van der Waals surface area contributed by atoms with E-state index in [0.717, 1.165) is 5.69 Å². The molecule has 1 N–H and O–H groups in total. The molecule has 1 aromatic heterocycles. The van der Waals surface area contributed by atoms with Crippen molar-refractivity contribution in [2.24, 2.45) is 0 Å². The second-order valence-corrected chi connectivity index (χ2v) is 4.22. The van der Waals surface area contributed by atoms with Crippen LogP contribution in [0.1, 0.15) is 30.3 Å². The highest BCUT2D eigenvalue weighted by Crippen LogP contribution is 2.39. The maximum absolute atomic E-state index is 10.6. The van der Waals surface area contributed by atoms with Crippen LogP contribution in [0, 0.1) is 6.92 Å². The van der Waals surface area contributed by atoms with Gasteiger partial charge in [0, 0.05) is 24.7 Å². The maximum atomic E-state index is 10.6. The Kier molecular flexibility index (Phi) is 2.77. The van der Waals surface area contributed by atoms with Gasteiger partial charge in [0.1, 0.15) is 18.2 Å². The molecule has 0 radical (unpaired) electrons. The van der Waals surface area contributed by atoms with E-state index in [9.17, 15) is 4.79 Å². The molecule has 0 bridgehead atoms. The van der Waals surface area contributed by atoms with Crippen LogP contribution in [0.2, 0.25) is 0 Å². The minimum atomic E-state index is -0.855. The second-order valence-electron chi connectivity index (χ2n) is 4.22. The molecule has 1 aliphatic rings. The number of aliphatic carboxylic acids is 1. The average molecular weight is 221 g/mol. The zero-order valence-corrected chi connectivity index (χ0v) is 9.47. The fourth-order valence-electron chi connectivity index (χ4n) is 1.64. The molecule has 1 heterocycles. The van der Waals surface area contributed by atoms with Crippen molar-refractivity contribution in [3.63, 3.8) is 0 Å². The number of hydrogen-bond acceptors (Lipinski definition) is 4. The number of carboxylic acid groups (broad SMARTS) is 1. The Balaban J connectivity index is 2.22. The Morgan fingerprint density at radius 2 is 2.25 bits per heavy atom. The first-order valence-corrected chi connectivity index (χ1v) is 5.35. The molecule has 5 nitrogen and oxygen atoms in total. The first-order chi connectivity index (χ1) is 7.56. The average Bonchev–Trinajstić information content (AvgIpc) is 2.98. The van der Waals surface area contributed by atoms with Crippen molar-refractivity contribution in [1.29, 1.82) is 0 Å². The number of aryl methyl sites for hydroxylation is 1. The van der Waals surface area contributed by atoms with Gasteiger partial charge in [-0.05, 0) is 19.8 Å². The third-order valence-electron chi connectivity index (χ3n) is 2.60. The summed E-state index contributed by atoms with van der Waals surface area (Å²) in [5.74, 6) is 1.10. The quantitative estimate of drug-likeness (QED) is 0.827. The summed E-state index contributed by atoms with van der Waals surface area (Å²) in [5, 5.41) is 8.72. The van der Waals surface area contributed by atoms with Gasteiger partial charge in [0.2, 0.25) is 0 Å². The Morgan fingerprint density at radius 1 is 1.56 bits per heavy atom. The molecule has 5 heteroatoms. The van der Waals surface area contributed by atoms with Gasteiger partial charge in [0.05, 0.1) is 0 Å². The van der Waals surface area contributed by atoms with Gasteiger partial charge in [-0.2, -0.15) is 0 Å². The molecular weight excluding hydrogens is 206 g/mol. The summed E-state index contributed by atoms with van der Waals surface area (Å²) in [7, 11) is 1.73. The van der Waals surface area contributed by atoms with E-state index in [2.05, 4.69) is 9.97 Å². The number of hydrogen-bond donors (Lipinski definition) is 1. The van der Waals surface area contributed by atoms with Crippen molar-refractivity contribution in [2.75, 3.05) is 18.5 Å². The van der Waals surface area contributed by atoms with E-state index in [1.165, 1.54) is 12.8 Å². The summed E-state index contributed by atoms with van der Waals surface area (Å²) in [6.07, 6.45) is 2.36. The highest BCUT2D eigenvalue weighted by molar-refractivity contribution is 5.72. The fourth-order valence-corrected chi connectivity index (χ4v) is 1.64. The first kappa shape index (κ1) is 10.9. The first-order valence-electron chi connectivity index (χ1n) is 5.35.